The molecule has 8 heteroatoms. The van der Waals surface area contributed by atoms with E-state index in [4.69, 9.17) is 13.9 Å². The van der Waals surface area contributed by atoms with E-state index >= 15 is 0 Å². The van der Waals surface area contributed by atoms with E-state index in [1.165, 1.54) is 31.4 Å². The molecule has 1 aromatic carbocycles. The largest absolute Gasteiger partial charge is 0.503 e. The second-order valence-corrected chi connectivity index (χ2v) is 6.88. The van der Waals surface area contributed by atoms with Gasteiger partial charge in [-0.1, -0.05) is 0 Å². The van der Waals surface area contributed by atoms with Crippen molar-refractivity contribution in [2.24, 2.45) is 0 Å². The van der Waals surface area contributed by atoms with Crippen LogP contribution in [-0.2, 0) is 4.79 Å². The highest BCUT2D eigenvalue weighted by Crippen LogP contribution is 2.43. The Morgan fingerprint density at radius 3 is 2.59 bits per heavy atom. The highest BCUT2D eigenvalue weighted by molar-refractivity contribution is 6.15. The van der Waals surface area contributed by atoms with Crippen LogP contribution in [0, 0.1) is 0 Å². The Bertz CT molecular complexity index is 933. The number of methoxy groups -OCH3 is 2. The smallest absolute Gasteiger partial charge is 0.290 e. The number of ketones is 1. The first-order valence-electron chi connectivity index (χ1n) is 9.08. The SMILES string of the molecule is COc1ccc(OC)c([C@H]2C(C(=O)c3ccco3)=C(O)C(=O)N2CCN(C)C)c1. The lowest BCUT2D eigenvalue weighted by atomic mass is 9.94. The first-order valence-corrected chi connectivity index (χ1v) is 9.08. The van der Waals surface area contributed by atoms with Crippen molar-refractivity contribution >= 4 is 11.7 Å². The van der Waals surface area contributed by atoms with Crippen LogP contribution in [-0.4, -0.2) is 68.0 Å². The molecular weight excluding hydrogens is 376 g/mol. The molecule has 3 rings (SSSR count). The van der Waals surface area contributed by atoms with E-state index in [0.29, 0.717) is 30.2 Å². The van der Waals surface area contributed by atoms with Crippen LogP contribution in [0.1, 0.15) is 22.2 Å². The summed E-state index contributed by atoms with van der Waals surface area (Å²) in [7, 11) is 6.79. The molecule has 1 atom stereocenters. The van der Waals surface area contributed by atoms with Gasteiger partial charge >= 0.3 is 0 Å². The molecule has 1 N–H and O–H groups in total. The lowest BCUT2D eigenvalue weighted by Crippen LogP contribution is -2.36. The van der Waals surface area contributed by atoms with E-state index in [2.05, 4.69) is 0 Å². The van der Waals surface area contributed by atoms with Crippen LogP contribution in [0.15, 0.2) is 52.3 Å². The molecule has 0 fully saturated rings. The van der Waals surface area contributed by atoms with Crippen molar-refractivity contribution < 1.29 is 28.6 Å². The van der Waals surface area contributed by atoms with Crippen molar-refractivity contribution in [1.29, 1.82) is 0 Å². The number of rotatable bonds is 8. The molecule has 154 valence electrons. The molecule has 0 unspecified atom stereocenters. The van der Waals surface area contributed by atoms with Gasteiger partial charge in [-0.3, -0.25) is 9.59 Å². The minimum Gasteiger partial charge on any atom is -0.503 e. The Labute approximate surface area is 168 Å². The molecule has 0 bridgehead atoms. The number of hydrogen-bond donors (Lipinski definition) is 1. The zero-order chi connectivity index (χ0) is 21.1. The van der Waals surface area contributed by atoms with E-state index in [1.807, 2.05) is 19.0 Å². The Hall–Kier alpha value is -3.26. The fraction of sp³-hybridized carbons (Fsp3) is 0.333. The molecule has 2 aromatic rings. The van der Waals surface area contributed by atoms with Gasteiger partial charge in [0.25, 0.3) is 5.91 Å². The number of carbonyl (C=O) groups is 2. The van der Waals surface area contributed by atoms with E-state index in [0.717, 1.165) is 0 Å². The van der Waals surface area contributed by atoms with Crippen LogP contribution >= 0.6 is 0 Å². The maximum Gasteiger partial charge on any atom is 0.290 e. The van der Waals surface area contributed by atoms with Crippen molar-refractivity contribution in [2.75, 3.05) is 41.4 Å². The summed E-state index contributed by atoms with van der Waals surface area (Å²) in [5.41, 5.74) is 0.494. The number of ether oxygens (including phenoxy) is 2. The minimum absolute atomic E-state index is 0.0423. The van der Waals surface area contributed by atoms with Crippen molar-refractivity contribution in [3.8, 4) is 11.5 Å². The molecule has 0 saturated carbocycles. The summed E-state index contributed by atoms with van der Waals surface area (Å²) in [5.74, 6) is -0.699. The average molecular weight is 400 g/mol. The van der Waals surface area contributed by atoms with Crippen molar-refractivity contribution in [1.82, 2.24) is 9.80 Å². The number of nitrogens with zero attached hydrogens (tertiary/aromatic N) is 2. The number of aliphatic hydroxyl groups excluding tert-OH is 1. The number of furan rings is 1. The third kappa shape index (κ3) is 3.84. The van der Waals surface area contributed by atoms with E-state index in [9.17, 15) is 14.7 Å². The van der Waals surface area contributed by atoms with Gasteiger partial charge in [0.1, 0.15) is 11.5 Å². The first kappa shape index (κ1) is 20.5. The number of benzene rings is 1. The average Bonchev–Trinajstić information content (AvgIpc) is 3.33. The van der Waals surface area contributed by atoms with Crippen LogP contribution in [0.2, 0.25) is 0 Å². The third-order valence-electron chi connectivity index (χ3n) is 4.81. The molecule has 0 saturated heterocycles. The molecule has 0 spiro atoms. The van der Waals surface area contributed by atoms with Crippen LogP contribution < -0.4 is 9.47 Å². The number of likely N-dealkylation sites (N-methyl/N-ethyl adjacent to an activating group) is 1. The molecule has 1 aromatic heterocycles. The number of hydrogen-bond acceptors (Lipinski definition) is 7. The zero-order valence-electron chi connectivity index (χ0n) is 16.8. The Morgan fingerprint density at radius 2 is 2.00 bits per heavy atom. The maximum atomic E-state index is 13.1. The number of carbonyl (C=O) groups excluding carboxylic acids is 2. The summed E-state index contributed by atoms with van der Waals surface area (Å²) in [4.78, 5) is 29.4. The van der Waals surface area contributed by atoms with Gasteiger partial charge in [0, 0.05) is 18.7 Å². The summed E-state index contributed by atoms with van der Waals surface area (Å²) in [6, 6.07) is 7.36. The summed E-state index contributed by atoms with van der Waals surface area (Å²) in [6.45, 7) is 0.847. The standard InChI is InChI=1S/C21H24N2O6/c1-22(2)9-10-23-18(14-12-13(27-3)7-8-15(14)28-4)17(20(25)21(23)26)19(24)16-6-5-11-29-16/h5-8,11-12,18,25H,9-10H2,1-4H3/t18-/m0/s1. The molecular formula is C21H24N2O6. The number of Topliss-reactive ketones (excluding diaryl/α,β-unsaturated/α-hetero) is 1. The normalized spacial score (nSPS) is 16.7. The lowest BCUT2D eigenvalue weighted by Gasteiger charge is -2.29. The predicted octanol–water partition coefficient (Wildman–Crippen LogP) is 2.44. The van der Waals surface area contributed by atoms with Crippen LogP contribution in [0.25, 0.3) is 0 Å². The summed E-state index contributed by atoms with van der Waals surface area (Å²) in [5, 5.41) is 10.6. The molecule has 29 heavy (non-hydrogen) atoms. The minimum atomic E-state index is -0.843. The maximum absolute atomic E-state index is 13.1. The van der Waals surface area contributed by atoms with Crippen LogP contribution in [0.5, 0.6) is 11.5 Å². The van der Waals surface area contributed by atoms with E-state index < -0.39 is 23.5 Å². The van der Waals surface area contributed by atoms with Crippen molar-refractivity contribution in [3.05, 3.63) is 59.3 Å². The lowest BCUT2D eigenvalue weighted by molar-refractivity contribution is -0.129. The van der Waals surface area contributed by atoms with Gasteiger partial charge in [-0.15, -0.1) is 0 Å². The van der Waals surface area contributed by atoms with Crippen LogP contribution in [0.4, 0.5) is 0 Å². The second kappa shape index (κ2) is 8.40. The fourth-order valence-electron chi connectivity index (χ4n) is 3.34. The number of amides is 1. The van der Waals surface area contributed by atoms with Crippen LogP contribution in [0.3, 0.4) is 0 Å². The zero-order valence-corrected chi connectivity index (χ0v) is 16.8. The van der Waals surface area contributed by atoms with Gasteiger partial charge < -0.3 is 28.8 Å². The molecule has 8 nitrogen and oxygen atoms in total. The van der Waals surface area contributed by atoms with Gasteiger partial charge in [0.15, 0.2) is 11.5 Å². The van der Waals surface area contributed by atoms with Crippen molar-refractivity contribution in [2.45, 2.75) is 6.04 Å². The summed E-state index contributed by atoms with van der Waals surface area (Å²) >= 11 is 0. The first-order chi connectivity index (χ1) is 13.9. The van der Waals surface area contributed by atoms with Crippen molar-refractivity contribution in [3.63, 3.8) is 0 Å². The molecule has 1 aliphatic rings. The fourth-order valence-corrected chi connectivity index (χ4v) is 3.34. The molecule has 2 heterocycles. The van der Waals surface area contributed by atoms with E-state index in [-0.39, 0.29) is 11.3 Å². The Kier molecular flexibility index (Phi) is 5.93. The molecule has 0 radical (unpaired) electrons. The molecule has 0 aliphatic carbocycles. The Balaban J connectivity index is 2.15. The summed E-state index contributed by atoms with van der Waals surface area (Å²) < 4.78 is 16.0. The Morgan fingerprint density at radius 1 is 1.24 bits per heavy atom. The van der Waals surface area contributed by atoms with Gasteiger partial charge in [-0.25, -0.2) is 0 Å². The van der Waals surface area contributed by atoms with Gasteiger partial charge in [0.2, 0.25) is 5.78 Å². The van der Waals surface area contributed by atoms with Gasteiger partial charge in [-0.2, -0.15) is 0 Å². The second-order valence-electron chi connectivity index (χ2n) is 6.88. The quantitative estimate of drug-likeness (QED) is 0.681. The van der Waals surface area contributed by atoms with E-state index in [1.54, 1.807) is 24.3 Å². The summed E-state index contributed by atoms with van der Waals surface area (Å²) in [6.07, 6.45) is 1.37. The van der Waals surface area contributed by atoms with Gasteiger partial charge in [0.05, 0.1) is 32.1 Å². The highest BCUT2D eigenvalue weighted by atomic mass is 16.5. The highest BCUT2D eigenvalue weighted by Gasteiger charge is 2.45. The monoisotopic (exact) mass is 400 g/mol. The predicted molar refractivity (Wildman–Crippen MR) is 105 cm³/mol. The number of aliphatic hydroxyl groups is 1. The molecule has 1 aliphatic heterocycles. The topological polar surface area (TPSA) is 92.4 Å². The third-order valence-corrected chi connectivity index (χ3v) is 4.81. The van der Waals surface area contributed by atoms with Gasteiger partial charge in [-0.05, 0) is 44.4 Å². The molecule has 1 amide bonds.